The van der Waals surface area contributed by atoms with E-state index in [9.17, 15) is 14.7 Å². The van der Waals surface area contributed by atoms with E-state index in [-0.39, 0.29) is 55.0 Å². The van der Waals surface area contributed by atoms with Gasteiger partial charge in [-0.25, -0.2) is 9.67 Å². The van der Waals surface area contributed by atoms with Gasteiger partial charge >= 0.3 is 0 Å². The Morgan fingerprint density at radius 1 is 1.16 bits per heavy atom. The molecule has 12 heteroatoms. The molecule has 3 aromatic rings. The number of nitrogens with zero attached hydrogens (tertiary/aromatic N) is 5. The molecule has 11 nitrogen and oxygen atoms in total. The summed E-state index contributed by atoms with van der Waals surface area (Å²) in [5, 5.41) is 21.0. The summed E-state index contributed by atoms with van der Waals surface area (Å²) in [6, 6.07) is 3.42. The number of aliphatic hydroxyl groups excluding tert-OH is 1. The van der Waals surface area contributed by atoms with Crippen LogP contribution in [0.2, 0.25) is 0 Å². The van der Waals surface area contributed by atoms with E-state index >= 15 is 0 Å². The molecule has 0 atom stereocenters. The van der Waals surface area contributed by atoms with Crippen LogP contribution < -0.4 is 20.4 Å². The number of aryl methyl sites for hydroxylation is 1. The first-order valence-electron chi connectivity index (χ1n) is 12.2. The minimum atomic E-state index is -0.341. The zero-order valence-corrected chi connectivity index (χ0v) is 24.0. The molecule has 0 radical (unpaired) electrons. The molecule has 3 rings (SSSR count). The van der Waals surface area contributed by atoms with E-state index in [4.69, 9.17) is 9.47 Å². The zero-order valence-electron chi connectivity index (χ0n) is 23.2. The number of aromatic nitrogens is 4. The fourth-order valence-electron chi connectivity index (χ4n) is 4.00. The lowest BCUT2D eigenvalue weighted by Crippen LogP contribution is -2.30. The second-order valence-electron chi connectivity index (χ2n) is 9.65. The van der Waals surface area contributed by atoms with Crippen molar-refractivity contribution in [2.24, 2.45) is 4.99 Å². The first kappa shape index (κ1) is 30.8. The van der Waals surface area contributed by atoms with Crippen molar-refractivity contribution in [2.45, 2.75) is 53.5 Å². The second kappa shape index (κ2) is 12.4. The van der Waals surface area contributed by atoms with Crippen molar-refractivity contribution < 1.29 is 24.2 Å². The summed E-state index contributed by atoms with van der Waals surface area (Å²) in [5.74, 6) is 0.374. The van der Waals surface area contributed by atoms with Gasteiger partial charge in [-0.2, -0.15) is 9.61 Å². The molecule has 38 heavy (non-hydrogen) atoms. The van der Waals surface area contributed by atoms with Gasteiger partial charge < -0.3 is 19.9 Å². The maximum Gasteiger partial charge on any atom is 0.271 e. The van der Waals surface area contributed by atoms with Gasteiger partial charge in [-0.3, -0.25) is 9.59 Å². The summed E-state index contributed by atoms with van der Waals surface area (Å²) in [6.07, 6.45) is 0. The first-order valence-corrected chi connectivity index (χ1v) is 12.2. The number of fused-ring (bicyclic) bond motifs is 1. The Bertz CT molecular complexity index is 1400. The number of ketones is 1. The van der Waals surface area contributed by atoms with E-state index in [0.717, 1.165) is 11.1 Å². The van der Waals surface area contributed by atoms with Crippen LogP contribution in [0.25, 0.3) is 5.65 Å². The summed E-state index contributed by atoms with van der Waals surface area (Å²) in [4.78, 5) is 30.5. The third kappa shape index (κ3) is 5.99. The molecular weight excluding hydrogens is 512 g/mol. The summed E-state index contributed by atoms with van der Waals surface area (Å²) >= 11 is 0. The average molecular weight is 549 g/mol. The maximum atomic E-state index is 13.6. The Hall–Kier alpha value is -3.44. The largest absolute Gasteiger partial charge is 0.493 e. The number of carbonyl (C=O) groups is 2. The highest BCUT2D eigenvalue weighted by Crippen LogP contribution is 2.40. The van der Waals surface area contributed by atoms with Crippen LogP contribution in [0.3, 0.4) is 0 Å². The number of halogens is 1. The molecule has 0 saturated carbocycles. The van der Waals surface area contributed by atoms with E-state index in [2.05, 4.69) is 20.5 Å². The smallest absolute Gasteiger partial charge is 0.271 e. The molecule has 0 saturated heterocycles. The van der Waals surface area contributed by atoms with E-state index in [1.54, 1.807) is 26.3 Å². The molecule has 1 aromatic carbocycles. The normalized spacial score (nSPS) is 11.9. The molecule has 0 aliphatic carbocycles. The summed E-state index contributed by atoms with van der Waals surface area (Å²) in [6.45, 7) is 11.8. The number of rotatable bonds is 9. The van der Waals surface area contributed by atoms with Crippen LogP contribution in [0, 0.1) is 13.8 Å². The Morgan fingerprint density at radius 2 is 1.84 bits per heavy atom. The van der Waals surface area contributed by atoms with E-state index in [1.807, 2.05) is 41.5 Å². The van der Waals surface area contributed by atoms with Crippen molar-refractivity contribution in [3.63, 3.8) is 0 Å². The van der Waals surface area contributed by atoms with Gasteiger partial charge in [-0.05, 0) is 43.9 Å². The Morgan fingerprint density at radius 3 is 2.39 bits per heavy atom. The van der Waals surface area contributed by atoms with Crippen LogP contribution in [-0.2, 0) is 12.0 Å². The van der Waals surface area contributed by atoms with Crippen LogP contribution >= 0.6 is 12.4 Å². The highest BCUT2D eigenvalue weighted by Gasteiger charge is 2.26. The van der Waals surface area contributed by atoms with Crippen LogP contribution in [0.1, 0.15) is 65.2 Å². The highest BCUT2D eigenvalue weighted by atomic mass is 35.5. The van der Waals surface area contributed by atoms with E-state index < -0.39 is 0 Å². The van der Waals surface area contributed by atoms with Crippen molar-refractivity contribution in [1.82, 2.24) is 24.7 Å². The number of ether oxygens (including phenoxy) is 2. The van der Waals surface area contributed by atoms with Crippen LogP contribution in [0.5, 0.6) is 11.5 Å². The van der Waals surface area contributed by atoms with Gasteiger partial charge in [0, 0.05) is 30.3 Å². The fourth-order valence-corrected chi connectivity index (χ4v) is 4.00. The number of Topliss-reactive ketones (excluding diaryl/α,β-unsaturated/α-hetero) is 1. The van der Waals surface area contributed by atoms with Gasteiger partial charge in [-0.1, -0.05) is 20.8 Å². The van der Waals surface area contributed by atoms with Crippen molar-refractivity contribution in [1.29, 1.82) is 0 Å². The zero-order chi connectivity index (χ0) is 27.5. The maximum absolute atomic E-state index is 13.6. The van der Waals surface area contributed by atoms with Gasteiger partial charge in [0.25, 0.3) is 5.91 Å². The first-order chi connectivity index (χ1) is 17.5. The van der Waals surface area contributed by atoms with Crippen molar-refractivity contribution in [2.75, 3.05) is 33.9 Å². The fraction of sp³-hybridized carbons (Fsp3) is 0.500. The minimum Gasteiger partial charge on any atom is -0.493 e. The highest BCUT2D eigenvalue weighted by molar-refractivity contribution is 5.97. The number of carbonyl (C=O) groups excluding carboxylic acids is 2. The number of hydrogen-bond donors (Lipinski definition) is 2. The van der Waals surface area contributed by atoms with Crippen LogP contribution in [-0.4, -0.2) is 70.1 Å². The second-order valence-corrected chi connectivity index (χ2v) is 9.65. The van der Waals surface area contributed by atoms with E-state index in [0.29, 0.717) is 40.4 Å². The van der Waals surface area contributed by atoms with Gasteiger partial charge in [-0.15, -0.1) is 17.5 Å². The van der Waals surface area contributed by atoms with Crippen molar-refractivity contribution in [3.8, 4) is 11.5 Å². The summed E-state index contributed by atoms with van der Waals surface area (Å²) < 4.78 is 14.3. The molecule has 2 aromatic heterocycles. The molecule has 208 valence electrons. The quantitative estimate of drug-likeness (QED) is 0.392. The monoisotopic (exact) mass is 548 g/mol. The minimum absolute atomic E-state index is 0. The van der Waals surface area contributed by atoms with Gasteiger partial charge in [0.15, 0.2) is 28.6 Å². The number of hydrogen-bond acceptors (Lipinski definition) is 8. The summed E-state index contributed by atoms with van der Waals surface area (Å²) in [7, 11) is 3.10. The van der Waals surface area contributed by atoms with Gasteiger partial charge in [0.05, 0.1) is 13.7 Å². The number of methoxy groups -OCH3 is 1. The third-order valence-corrected chi connectivity index (χ3v) is 6.06. The number of benzene rings is 1. The topological polar surface area (TPSA) is 132 Å². The molecule has 0 aliphatic rings. The molecule has 0 unspecified atom stereocenters. The predicted molar refractivity (Wildman–Crippen MR) is 146 cm³/mol. The van der Waals surface area contributed by atoms with E-state index in [1.165, 1.54) is 9.20 Å². The van der Waals surface area contributed by atoms with Crippen molar-refractivity contribution >= 4 is 29.7 Å². The predicted octanol–water partition coefficient (Wildman–Crippen LogP) is 2.41. The van der Waals surface area contributed by atoms with Crippen LogP contribution in [0.4, 0.5) is 0 Å². The molecule has 0 bridgehead atoms. The Labute approximate surface area is 228 Å². The lowest BCUT2D eigenvalue weighted by molar-refractivity contribution is 0.0950. The van der Waals surface area contributed by atoms with Gasteiger partial charge in [0.2, 0.25) is 5.62 Å². The summed E-state index contributed by atoms with van der Waals surface area (Å²) in [5.41, 5.74) is 3.50. The van der Waals surface area contributed by atoms with Crippen LogP contribution in [0.15, 0.2) is 17.1 Å². The number of nitrogens with one attached hydrogen (secondary N) is 1. The molecule has 2 N–H and O–H groups in total. The Kier molecular flexibility index (Phi) is 10.0. The number of aliphatic hydroxyl groups is 1. The SMILES string of the molecule is CCN=c1n(CC(=O)c2cc(OCCO)c(OC)c(C(C)(C)C)c2)nc2c(C)c(C)c(C(=O)NC)nn12.Cl. The lowest BCUT2D eigenvalue weighted by Gasteiger charge is -2.25. The van der Waals surface area contributed by atoms with Gasteiger partial charge in [0.1, 0.15) is 13.2 Å². The molecule has 0 fully saturated rings. The molecule has 0 aliphatic heterocycles. The standard InChI is InChI=1S/C26H36N6O5.ClH/c1-9-28-25-31(30-23-16(3)15(2)21(24(35)27-7)29-32(23)25)14-19(34)17-12-18(26(4,5)6)22(36-8)20(13-17)37-11-10-33;/h12-13,33H,9-11,14H2,1-8H3,(H,27,35);1H. The molecular formula is C26H37ClN6O5. The molecule has 2 heterocycles. The number of amides is 1. The average Bonchev–Trinajstić information content (AvgIpc) is 3.20. The molecule has 0 spiro atoms. The lowest BCUT2D eigenvalue weighted by atomic mass is 9.84. The third-order valence-electron chi connectivity index (χ3n) is 6.06. The van der Waals surface area contributed by atoms with Crippen molar-refractivity contribution in [3.05, 3.63) is 45.7 Å². The molecule has 1 amide bonds. The Balaban J connectivity index is 0.00000507.